The normalized spacial score (nSPS) is 33.6. The first-order valence-corrected chi connectivity index (χ1v) is 9.36. The lowest BCUT2D eigenvalue weighted by Crippen LogP contribution is -2.41. The molecule has 1 aliphatic heterocycles. The van der Waals surface area contributed by atoms with Crippen molar-refractivity contribution < 1.29 is 19.0 Å². The van der Waals surface area contributed by atoms with Gasteiger partial charge >= 0.3 is 7.12 Å². The molecule has 1 heterocycles. The number of carbonyl (C=O) groups is 1. The molecule has 0 aromatic carbocycles. The number of rotatable bonds is 7. The molecule has 0 amide bonds. The Morgan fingerprint density at radius 2 is 1.76 bits per heavy atom. The fourth-order valence-electron chi connectivity index (χ4n) is 4.34. The van der Waals surface area contributed by atoms with Gasteiger partial charge in [-0.25, -0.2) is 0 Å². The first-order chi connectivity index (χ1) is 11.4. The summed E-state index contributed by atoms with van der Waals surface area (Å²) in [7, 11) is -0.218. The molecule has 0 aromatic rings. The van der Waals surface area contributed by atoms with Crippen molar-refractivity contribution in [3.63, 3.8) is 0 Å². The summed E-state index contributed by atoms with van der Waals surface area (Å²) in [4.78, 5) is 22.8. The van der Waals surface area contributed by atoms with Crippen LogP contribution in [-0.2, 0) is 14.1 Å². The molecule has 0 aromatic heterocycles. The average molecular weight is 353 g/mol. The van der Waals surface area contributed by atoms with E-state index < -0.39 is 5.41 Å². The van der Waals surface area contributed by atoms with Gasteiger partial charge in [-0.05, 0) is 66.1 Å². The van der Waals surface area contributed by atoms with Crippen LogP contribution in [0.2, 0.25) is 6.32 Å². The Morgan fingerprint density at radius 1 is 1.20 bits per heavy atom. The summed E-state index contributed by atoms with van der Waals surface area (Å²) in [6, 6.07) is 0. The zero-order valence-electron chi connectivity index (χ0n) is 16.5. The molecule has 2 rings (SSSR count). The van der Waals surface area contributed by atoms with Crippen LogP contribution in [0.1, 0.15) is 67.2 Å². The van der Waals surface area contributed by atoms with Crippen LogP contribution >= 0.6 is 0 Å². The molecule has 6 nitrogen and oxygen atoms in total. The van der Waals surface area contributed by atoms with Crippen LogP contribution in [0.15, 0.2) is 0 Å². The maximum atomic E-state index is 12.2. The molecule has 0 bridgehead atoms. The molecule has 0 unspecified atom stereocenters. The van der Waals surface area contributed by atoms with E-state index in [0.29, 0.717) is 6.42 Å². The van der Waals surface area contributed by atoms with Gasteiger partial charge in [0, 0.05) is 16.3 Å². The quantitative estimate of drug-likeness (QED) is 0.396. The highest BCUT2D eigenvalue weighted by molar-refractivity contribution is 6.45. The molecule has 1 saturated carbocycles. The number of hydrogen-bond acceptors (Lipinski definition) is 5. The molecule has 1 saturated heterocycles. The highest BCUT2D eigenvalue weighted by Crippen LogP contribution is 2.49. The van der Waals surface area contributed by atoms with Crippen LogP contribution in [0.3, 0.4) is 0 Å². The van der Waals surface area contributed by atoms with Crippen LogP contribution in [0, 0.1) is 27.4 Å². The highest BCUT2D eigenvalue weighted by atomic mass is 16.7. The van der Waals surface area contributed by atoms with Crippen molar-refractivity contribution in [2.24, 2.45) is 17.3 Å². The Balaban J connectivity index is 1.90. The Hall–Kier alpha value is -0.945. The van der Waals surface area contributed by atoms with E-state index >= 15 is 0 Å². The second kappa shape index (κ2) is 6.99. The Labute approximate surface area is 151 Å². The fourth-order valence-corrected chi connectivity index (χ4v) is 4.34. The maximum absolute atomic E-state index is 12.2. The first kappa shape index (κ1) is 20.4. The Bertz CT molecular complexity index is 520. The van der Waals surface area contributed by atoms with E-state index in [2.05, 4.69) is 0 Å². The van der Waals surface area contributed by atoms with Crippen molar-refractivity contribution in [1.29, 1.82) is 0 Å². The summed E-state index contributed by atoms with van der Waals surface area (Å²) >= 11 is 0. The second-order valence-corrected chi connectivity index (χ2v) is 9.11. The third-order valence-electron chi connectivity index (χ3n) is 6.74. The number of carbonyl (C=O) groups excluding carboxylic acids is 1. The number of Topliss-reactive ketones (excluding diaryl/α,β-unsaturated/α-hetero) is 1. The van der Waals surface area contributed by atoms with Gasteiger partial charge < -0.3 is 9.31 Å². The van der Waals surface area contributed by atoms with Crippen molar-refractivity contribution in [1.82, 2.24) is 0 Å². The van der Waals surface area contributed by atoms with E-state index in [9.17, 15) is 14.9 Å². The smallest absolute Gasteiger partial charge is 0.403 e. The van der Waals surface area contributed by atoms with Crippen molar-refractivity contribution in [2.45, 2.75) is 84.7 Å². The molecule has 1 aliphatic carbocycles. The van der Waals surface area contributed by atoms with Gasteiger partial charge in [-0.1, -0.05) is 13.3 Å². The summed E-state index contributed by atoms with van der Waals surface area (Å²) in [6.45, 7) is 11.7. The van der Waals surface area contributed by atoms with Crippen LogP contribution in [-0.4, -0.2) is 35.6 Å². The standard InChI is InChI=1S/C18H32BNO5/c1-13(21)18(6)11-14(12-20(22)23)10-15(18)8-7-9-19-24-16(2,3)17(4,5)25-19/h14-15H,7-12H2,1-6H3/t14-,15+,18+/m1/s1. The summed E-state index contributed by atoms with van der Waals surface area (Å²) < 4.78 is 12.0. The van der Waals surface area contributed by atoms with E-state index in [4.69, 9.17) is 9.31 Å². The largest absolute Gasteiger partial charge is 0.457 e. The second-order valence-electron chi connectivity index (χ2n) is 9.11. The Kier molecular flexibility index (Phi) is 5.69. The minimum atomic E-state index is -0.434. The average Bonchev–Trinajstić information content (AvgIpc) is 2.84. The van der Waals surface area contributed by atoms with Crippen LogP contribution < -0.4 is 0 Å². The van der Waals surface area contributed by atoms with E-state index in [1.165, 1.54) is 0 Å². The SMILES string of the molecule is CC(=O)[C@]1(C)C[C@H](C[N+](=O)[O-])C[C@@H]1CCCB1OC(C)(C)C(C)(C)O1. The predicted octanol–water partition coefficient (Wildman–Crippen LogP) is 3.76. The third-order valence-corrected chi connectivity index (χ3v) is 6.74. The van der Waals surface area contributed by atoms with Gasteiger partial charge in [0.25, 0.3) is 0 Å². The monoisotopic (exact) mass is 353 g/mol. The number of hydrogen-bond donors (Lipinski definition) is 0. The van der Waals surface area contributed by atoms with Crippen LogP contribution in [0.4, 0.5) is 0 Å². The zero-order valence-corrected chi connectivity index (χ0v) is 16.5. The predicted molar refractivity (Wildman–Crippen MR) is 97.0 cm³/mol. The van der Waals surface area contributed by atoms with Gasteiger partial charge in [-0.15, -0.1) is 0 Å². The van der Waals surface area contributed by atoms with Gasteiger partial charge in [0.15, 0.2) is 0 Å². The number of ketones is 1. The van der Waals surface area contributed by atoms with Crippen molar-refractivity contribution in [2.75, 3.05) is 6.54 Å². The van der Waals surface area contributed by atoms with Crippen molar-refractivity contribution in [3.8, 4) is 0 Å². The lowest BCUT2D eigenvalue weighted by molar-refractivity contribution is -0.488. The lowest BCUT2D eigenvalue weighted by atomic mass is 9.72. The van der Waals surface area contributed by atoms with E-state index in [0.717, 1.165) is 25.6 Å². The highest BCUT2D eigenvalue weighted by Gasteiger charge is 2.51. The molecule has 2 fully saturated rings. The van der Waals surface area contributed by atoms with Gasteiger partial charge in [-0.3, -0.25) is 14.9 Å². The van der Waals surface area contributed by atoms with Crippen LogP contribution in [0.25, 0.3) is 0 Å². The number of nitrogens with zero attached hydrogens (tertiary/aromatic N) is 1. The minimum absolute atomic E-state index is 0.00532. The molecular weight excluding hydrogens is 321 g/mol. The summed E-state index contributed by atoms with van der Waals surface area (Å²) in [5.41, 5.74) is -1.08. The molecule has 142 valence electrons. The molecule has 2 aliphatic rings. The van der Waals surface area contributed by atoms with E-state index in [1.807, 2.05) is 34.6 Å². The summed E-state index contributed by atoms with van der Waals surface area (Å²) in [5.74, 6) is 0.363. The minimum Gasteiger partial charge on any atom is -0.403 e. The van der Waals surface area contributed by atoms with Crippen LogP contribution in [0.5, 0.6) is 0 Å². The van der Waals surface area contributed by atoms with Crippen molar-refractivity contribution in [3.05, 3.63) is 10.1 Å². The summed E-state index contributed by atoms with van der Waals surface area (Å²) in [5, 5.41) is 10.8. The van der Waals surface area contributed by atoms with Gasteiger partial charge in [0.2, 0.25) is 6.54 Å². The Morgan fingerprint density at radius 3 is 2.24 bits per heavy atom. The molecule has 0 spiro atoms. The maximum Gasteiger partial charge on any atom is 0.457 e. The zero-order chi connectivity index (χ0) is 19.0. The van der Waals surface area contributed by atoms with Gasteiger partial charge in [-0.2, -0.15) is 0 Å². The first-order valence-electron chi connectivity index (χ1n) is 9.36. The fraction of sp³-hybridized carbons (Fsp3) is 0.944. The molecule has 3 atom stereocenters. The molecular formula is C18H32BNO5. The molecule has 7 heteroatoms. The van der Waals surface area contributed by atoms with Gasteiger partial charge in [0.05, 0.1) is 11.2 Å². The van der Waals surface area contributed by atoms with Gasteiger partial charge in [0.1, 0.15) is 5.78 Å². The molecule has 0 N–H and O–H groups in total. The van der Waals surface area contributed by atoms with E-state index in [-0.39, 0.29) is 47.4 Å². The summed E-state index contributed by atoms with van der Waals surface area (Å²) in [6.07, 6.45) is 3.96. The topological polar surface area (TPSA) is 78.7 Å². The molecule has 25 heavy (non-hydrogen) atoms. The molecule has 0 radical (unpaired) electrons. The number of nitro groups is 1. The van der Waals surface area contributed by atoms with Crippen molar-refractivity contribution >= 4 is 12.9 Å². The lowest BCUT2D eigenvalue weighted by Gasteiger charge is -2.32. The van der Waals surface area contributed by atoms with E-state index in [1.54, 1.807) is 6.92 Å². The third kappa shape index (κ3) is 4.25.